The van der Waals surface area contributed by atoms with Crippen LogP contribution < -0.4 is 0 Å². The molecule has 0 amide bonds. The summed E-state index contributed by atoms with van der Waals surface area (Å²) in [5, 5.41) is 0. The second-order valence-electron chi connectivity index (χ2n) is 2.10. The molecule has 0 aliphatic rings. The summed E-state index contributed by atoms with van der Waals surface area (Å²) in [6.45, 7) is 2.33. The molecule has 4 heteroatoms. The van der Waals surface area contributed by atoms with Gasteiger partial charge in [0, 0.05) is 6.54 Å². The van der Waals surface area contributed by atoms with E-state index in [0.717, 1.165) is 0 Å². The lowest BCUT2D eigenvalue weighted by Crippen LogP contribution is -1.59. The number of hydrogen-bond acceptors (Lipinski definition) is 4. The second kappa shape index (κ2) is 9.07. The summed E-state index contributed by atoms with van der Waals surface area (Å²) in [4.78, 5) is 25.4. The fourth-order valence-electron chi connectivity index (χ4n) is 0.620. The zero-order valence-electron chi connectivity index (χ0n) is 7.80. The maximum absolute atomic E-state index is 9.68. The van der Waals surface area contributed by atoms with Crippen LogP contribution in [0.25, 0.3) is 0 Å². The minimum absolute atomic E-state index is 0.545. The minimum Gasteiger partial charge on any atom is -0.211 e. The van der Waals surface area contributed by atoms with Crippen molar-refractivity contribution in [3.63, 3.8) is 0 Å². The highest BCUT2D eigenvalue weighted by atomic mass is 16.1. The van der Waals surface area contributed by atoms with Gasteiger partial charge in [0.05, 0.1) is 5.69 Å². The number of para-hydroxylation sites is 1. The topological polar surface area (TPSA) is 58.9 Å². The van der Waals surface area contributed by atoms with Crippen molar-refractivity contribution in [2.75, 3.05) is 6.54 Å². The first kappa shape index (κ1) is 12.0. The van der Waals surface area contributed by atoms with Gasteiger partial charge in [0.15, 0.2) is 0 Å². The summed E-state index contributed by atoms with van der Waals surface area (Å²) >= 11 is 0. The Kier molecular flexibility index (Phi) is 7.76. The molecule has 0 atom stereocenters. The van der Waals surface area contributed by atoms with Crippen molar-refractivity contribution in [2.24, 2.45) is 9.98 Å². The van der Waals surface area contributed by atoms with Gasteiger partial charge in [-0.05, 0) is 19.1 Å². The number of carbonyl (C=O) groups excluding carboxylic acids is 2. The van der Waals surface area contributed by atoms with Gasteiger partial charge in [-0.3, -0.25) is 0 Å². The molecule has 0 aliphatic carbocycles. The average molecular weight is 190 g/mol. The highest BCUT2D eigenvalue weighted by Crippen LogP contribution is 2.06. The van der Waals surface area contributed by atoms with Crippen LogP contribution in [0.5, 0.6) is 0 Å². The molecule has 0 N–H and O–H groups in total. The number of aliphatic imine (C=N–C) groups is 2. The van der Waals surface area contributed by atoms with E-state index in [0.29, 0.717) is 12.2 Å². The van der Waals surface area contributed by atoms with Gasteiger partial charge < -0.3 is 0 Å². The lowest BCUT2D eigenvalue weighted by atomic mass is 10.3. The summed E-state index contributed by atoms with van der Waals surface area (Å²) < 4.78 is 0. The Morgan fingerprint density at radius 1 is 1.14 bits per heavy atom. The number of isocyanates is 2. The molecule has 0 saturated heterocycles. The molecular weight excluding hydrogens is 180 g/mol. The molecule has 4 nitrogen and oxygen atoms in total. The Labute approximate surface area is 82.0 Å². The Balaban J connectivity index is 0.000000292. The SMILES string of the molecule is CCN=C=O.O=C=Nc1ccccc1. The average Bonchev–Trinajstić information content (AvgIpc) is 2.22. The Bertz CT molecular complexity index is 336. The monoisotopic (exact) mass is 190 g/mol. The van der Waals surface area contributed by atoms with Gasteiger partial charge in [0.1, 0.15) is 0 Å². The lowest BCUT2D eigenvalue weighted by Gasteiger charge is -1.83. The number of hydrogen-bond donors (Lipinski definition) is 0. The van der Waals surface area contributed by atoms with Crippen LogP contribution in [0.4, 0.5) is 5.69 Å². The summed E-state index contributed by atoms with van der Waals surface area (Å²) in [6.07, 6.45) is 2.85. The summed E-state index contributed by atoms with van der Waals surface area (Å²) in [5.74, 6) is 0. The normalized spacial score (nSPS) is 7.21. The third-order valence-electron chi connectivity index (χ3n) is 1.15. The lowest BCUT2D eigenvalue weighted by molar-refractivity contribution is 0.563. The number of nitrogens with zero attached hydrogens (tertiary/aromatic N) is 2. The third kappa shape index (κ3) is 6.68. The summed E-state index contributed by atoms with van der Waals surface area (Å²) in [6, 6.07) is 8.98. The first-order valence-electron chi connectivity index (χ1n) is 4.01. The molecule has 1 aromatic rings. The highest BCUT2D eigenvalue weighted by Gasteiger charge is 1.79. The number of rotatable bonds is 2. The molecule has 0 fully saturated rings. The molecule has 1 rings (SSSR count). The van der Waals surface area contributed by atoms with Gasteiger partial charge in [-0.1, -0.05) is 18.2 Å². The molecule has 0 heterocycles. The van der Waals surface area contributed by atoms with Crippen molar-refractivity contribution < 1.29 is 9.59 Å². The van der Waals surface area contributed by atoms with E-state index < -0.39 is 0 Å². The first-order valence-corrected chi connectivity index (χ1v) is 4.01. The molecule has 0 unspecified atom stereocenters. The van der Waals surface area contributed by atoms with Crippen LogP contribution in [-0.2, 0) is 9.59 Å². The zero-order valence-corrected chi connectivity index (χ0v) is 7.80. The van der Waals surface area contributed by atoms with E-state index in [9.17, 15) is 4.79 Å². The van der Waals surface area contributed by atoms with Gasteiger partial charge in [-0.25, -0.2) is 14.6 Å². The van der Waals surface area contributed by atoms with Crippen LogP contribution in [0.15, 0.2) is 40.3 Å². The van der Waals surface area contributed by atoms with Crippen molar-refractivity contribution in [1.29, 1.82) is 0 Å². The maximum Gasteiger partial charge on any atom is 0.240 e. The van der Waals surface area contributed by atoms with Crippen LogP contribution in [0.3, 0.4) is 0 Å². The molecule has 1 aromatic carbocycles. The Morgan fingerprint density at radius 2 is 1.79 bits per heavy atom. The van der Waals surface area contributed by atoms with Crippen LogP contribution in [0.1, 0.15) is 6.92 Å². The molecule has 0 spiro atoms. The minimum atomic E-state index is 0.545. The molecule has 72 valence electrons. The predicted octanol–water partition coefficient (Wildman–Crippen LogP) is 2.00. The van der Waals surface area contributed by atoms with Gasteiger partial charge >= 0.3 is 0 Å². The zero-order chi connectivity index (χ0) is 10.6. The van der Waals surface area contributed by atoms with E-state index in [1.165, 1.54) is 12.2 Å². The molecule has 14 heavy (non-hydrogen) atoms. The van der Waals surface area contributed by atoms with Crippen molar-refractivity contribution in [1.82, 2.24) is 0 Å². The number of benzene rings is 1. The Morgan fingerprint density at radius 3 is 2.14 bits per heavy atom. The quantitative estimate of drug-likeness (QED) is 0.529. The van der Waals surface area contributed by atoms with Gasteiger partial charge in [-0.2, -0.15) is 4.99 Å². The van der Waals surface area contributed by atoms with E-state index in [1.54, 1.807) is 19.1 Å². The second-order valence-corrected chi connectivity index (χ2v) is 2.10. The molecule has 0 aliphatic heterocycles. The van der Waals surface area contributed by atoms with Crippen LogP contribution in [0, 0.1) is 0 Å². The van der Waals surface area contributed by atoms with Crippen LogP contribution in [0.2, 0.25) is 0 Å². The van der Waals surface area contributed by atoms with Crippen molar-refractivity contribution in [3.05, 3.63) is 30.3 Å². The standard InChI is InChI=1S/C7H5NO.C3H5NO/c9-6-8-7-4-2-1-3-5-7;1-2-4-3-5/h1-5H;2H2,1H3. The maximum atomic E-state index is 9.68. The molecule has 0 radical (unpaired) electrons. The van der Waals surface area contributed by atoms with E-state index in [4.69, 9.17) is 4.79 Å². The fraction of sp³-hybridized carbons (Fsp3) is 0.200. The van der Waals surface area contributed by atoms with E-state index in [-0.39, 0.29) is 0 Å². The van der Waals surface area contributed by atoms with E-state index >= 15 is 0 Å². The fourth-order valence-corrected chi connectivity index (χ4v) is 0.620. The molecule has 0 bridgehead atoms. The van der Waals surface area contributed by atoms with Gasteiger partial charge in [0.25, 0.3) is 0 Å². The summed E-state index contributed by atoms with van der Waals surface area (Å²) in [7, 11) is 0. The van der Waals surface area contributed by atoms with Crippen LogP contribution in [-0.4, -0.2) is 18.7 Å². The van der Waals surface area contributed by atoms with Gasteiger partial charge in [0.2, 0.25) is 12.2 Å². The van der Waals surface area contributed by atoms with Crippen LogP contribution >= 0.6 is 0 Å². The predicted molar refractivity (Wildman–Crippen MR) is 52.9 cm³/mol. The Hall–Kier alpha value is -2.02. The van der Waals surface area contributed by atoms with E-state index in [1.807, 2.05) is 18.2 Å². The smallest absolute Gasteiger partial charge is 0.211 e. The van der Waals surface area contributed by atoms with E-state index in [2.05, 4.69) is 9.98 Å². The highest BCUT2D eigenvalue weighted by molar-refractivity contribution is 5.47. The van der Waals surface area contributed by atoms with Crippen molar-refractivity contribution in [3.8, 4) is 0 Å². The summed E-state index contributed by atoms with van der Waals surface area (Å²) in [5.41, 5.74) is 0.646. The first-order chi connectivity index (χ1) is 6.85. The molecular formula is C10H10N2O2. The van der Waals surface area contributed by atoms with Crippen molar-refractivity contribution in [2.45, 2.75) is 6.92 Å². The largest absolute Gasteiger partial charge is 0.240 e. The third-order valence-corrected chi connectivity index (χ3v) is 1.15. The molecule has 0 saturated carbocycles. The molecule has 0 aromatic heterocycles. The van der Waals surface area contributed by atoms with Crippen molar-refractivity contribution >= 4 is 17.8 Å². The van der Waals surface area contributed by atoms with Gasteiger partial charge in [-0.15, -0.1) is 0 Å².